The molecule has 98 valence electrons. The molecule has 1 aliphatic rings. The molecule has 0 spiro atoms. The molecule has 0 bridgehead atoms. The van der Waals surface area contributed by atoms with Crippen LogP contribution in [-0.2, 0) is 9.53 Å². The summed E-state index contributed by atoms with van der Waals surface area (Å²) in [5.41, 5.74) is -0.0225. The lowest BCUT2D eigenvalue weighted by molar-refractivity contribution is -0.153. The molecule has 1 heterocycles. The minimum Gasteiger partial charge on any atom is -0.507 e. The van der Waals surface area contributed by atoms with Crippen LogP contribution >= 0.6 is 0 Å². The van der Waals surface area contributed by atoms with Gasteiger partial charge in [-0.05, 0) is 19.1 Å². The highest BCUT2D eigenvalue weighted by Crippen LogP contribution is 2.42. The summed E-state index contributed by atoms with van der Waals surface area (Å²) in [5, 5.41) is 19.6. The van der Waals surface area contributed by atoms with Crippen molar-refractivity contribution in [3.63, 3.8) is 0 Å². The van der Waals surface area contributed by atoms with Gasteiger partial charge in [-0.2, -0.15) is 0 Å². The van der Waals surface area contributed by atoms with Crippen LogP contribution in [0.2, 0.25) is 0 Å². The lowest BCUT2D eigenvalue weighted by atomic mass is 10.1. The minimum atomic E-state index is -1.60. The van der Waals surface area contributed by atoms with E-state index < -0.39 is 12.1 Å². The molecule has 1 aliphatic heterocycles. The molecule has 1 aromatic carbocycles. The molecule has 0 amide bonds. The van der Waals surface area contributed by atoms with Crippen molar-refractivity contribution in [1.82, 2.24) is 0 Å². The Morgan fingerprint density at radius 3 is 2.89 bits per heavy atom. The number of aromatic hydroxyl groups is 1. The Hall–Kier alpha value is -1.95. The van der Waals surface area contributed by atoms with E-state index in [9.17, 15) is 15.0 Å². The number of aliphatic hydroxyl groups is 1. The van der Waals surface area contributed by atoms with Crippen LogP contribution in [-0.4, -0.2) is 36.0 Å². The summed E-state index contributed by atoms with van der Waals surface area (Å²) in [4.78, 5) is 11.5. The number of carbonyl (C=O) groups is 1. The normalized spacial score (nSPS) is 15.0. The summed E-state index contributed by atoms with van der Waals surface area (Å²) < 4.78 is 15.3. The topological polar surface area (TPSA) is 85.2 Å². The first-order valence-corrected chi connectivity index (χ1v) is 5.61. The van der Waals surface area contributed by atoms with Gasteiger partial charge in [0.05, 0.1) is 12.2 Å². The van der Waals surface area contributed by atoms with Crippen LogP contribution in [0, 0.1) is 0 Å². The van der Waals surface area contributed by atoms with E-state index >= 15 is 0 Å². The number of fused-ring (bicyclic) bond motifs is 1. The van der Waals surface area contributed by atoms with Gasteiger partial charge in [-0.25, -0.2) is 4.79 Å². The van der Waals surface area contributed by atoms with E-state index in [-0.39, 0.29) is 23.7 Å². The number of esters is 1. The zero-order valence-corrected chi connectivity index (χ0v) is 9.88. The molecule has 1 unspecified atom stereocenters. The van der Waals surface area contributed by atoms with E-state index in [1.165, 1.54) is 12.1 Å². The van der Waals surface area contributed by atoms with Crippen molar-refractivity contribution in [2.24, 2.45) is 0 Å². The molecule has 0 aliphatic carbocycles. The third-order valence-corrected chi connectivity index (χ3v) is 2.51. The van der Waals surface area contributed by atoms with Gasteiger partial charge in [-0.3, -0.25) is 0 Å². The molecule has 1 aromatic rings. The maximum atomic E-state index is 11.5. The molecule has 2 N–H and O–H groups in total. The Morgan fingerprint density at radius 1 is 1.44 bits per heavy atom. The van der Waals surface area contributed by atoms with Gasteiger partial charge in [0, 0.05) is 0 Å². The van der Waals surface area contributed by atoms with Crippen LogP contribution in [0.25, 0.3) is 0 Å². The van der Waals surface area contributed by atoms with Gasteiger partial charge < -0.3 is 24.4 Å². The molecular formula is C12H14O6. The first-order chi connectivity index (χ1) is 8.65. The van der Waals surface area contributed by atoms with E-state index in [1.807, 2.05) is 0 Å². The number of ether oxygens (including phenoxy) is 3. The van der Waals surface area contributed by atoms with Crippen LogP contribution in [0.1, 0.15) is 18.6 Å². The summed E-state index contributed by atoms with van der Waals surface area (Å²) in [5.74, 6) is -0.505. The van der Waals surface area contributed by atoms with Gasteiger partial charge in [0.1, 0.15) is 19.0 Å². The zero-order valence-electron chi connectivity index (χ0n) is 9.88. The van der Waals surface area contributed by atoms with E-state index in [1.54, 1.807) is 6.92 Å². The first-order valence-electron chi connectivity index (χ1n) is 5.61. The average molecular weight is 254 g/mol. The molecule has 2 rings (SSSR count). The van der Waals surface area contributed by atoms with E-state index in [0.29, 0.717) is 19.0 Å². The fraction of sp³-hybridized carbons (Fsp3) is 0.417. The molecule has 6 nitrogen and oxygen atoms in total. The highest BCUT2D eigenvalue weighted by Gasteiger charge is 2.29. The Kier molecular flexibility index (Phi) is 3.57. The SMILES string of the molecule is CCOC(=O)C(O)c1c(O)ccc2c1OCCO2. The van der Waals surface area contributed by atoms with Crippen LogP contribution in [0.5, 0.6) is 17.2 Å². The summed E-state index contributed by atoms with van der Waals surface area (Å²) >= 11 is 0. The summed E-state index contributed by atoms with van der Waals surface area (Å²) in [7, 11) is 0. The number of rotatable bonds is 3. The van der Waals surface area contributed by atoms with Gasteiger partial charge in [0.2, 0.25) is 0 Å². The average Bonchev–Trinajstić information content (AvgIpc) is 2.38. The van der Waals surface area contributed by atoms with Crippen LogP contribution in [0.4, 0.5) is 0 Å². The Balaban J connectivity index is 2.39. The molecule has 0 radical (unpaired) electrons. The second kappa shape index (κ2) is 5.14. The zero-order chi connectivity index (χ0) is 13.1. The quantitative estimate of drug-likeness (QED) is 0.774. The molecular weight excluding hydrogens is 240 g/mol. The molecule has 18 heavy (non-hydrogen) atoms. The van der Waals surface area contributed by atoms with Crippen molar-refractivity contribution in [2.75, 3.05) is 19.8 Å². The summed E-state index contributed by atoms with van der Waals surface area (Å²) in [6.45, 7) is 2.44. The standard InChI is InChI=1S/C12H14O6/c1-2-16-12(15)10(14)9-7(13)3-4-8-11(9)18-6-5-17-8/h3-4,10,13-14H,2,5-6H2,1H3. The van der Waals surface area contributed by atoms with Crippen molar-refractivity contribution < 1.29 is 29.2 Å². The largest absolute Gasteiger partial charge is 0.507 e. The molecule has 1 atom stereocenters. The van der Waals surface area contributed by atoms with Crippen LogP contribution in [0.15, 0.2) is 12.1 Å². The fourth-order valence-corrected chi connectivity index (χ4v) is 1.73. The maximum Gasteiger partial charge on any atom is 0.339 e. The highest BCUT2D eigenvalue weighted by atomic mass is 16.6. The monoisotopic (exact) mass is 254 g/mol. The number of phenols is 1. The lowest BCUT2D eigenvalue weighted by Gasteiger charge is -2.23. The van der Waals surface area contributed by atoms with Crippen LogP contribution < -0.4 is 9.47 Å². The molecule has 0 saturated carbocycles. The van der Waals surface area contributed by atoms with E-state index in [2.05, 4.69) is 0 Å². The van der Waals surface area contributed by atoms with E-state index in [0.717, 1.165) is 0 Å². The minimum absolute atomic E-state index is 0.0225. The Morgan fingerprint density at radius 2 is 2.17 bits per heavy atom. The molecule has 6 heteroatoms. The number of carbonyl (C=O) groups excluding carboxylic acids is 1. The van der Waals surface area contributed by atoms with Crippen molar-refractivity contribution in [1.29, 1.82) is 0 Å². The van der Waals surface area contributed by atoms with Gasteiger partial charge >= 0.3 is 5.97 Å². The van der Waals surface area contributed by atoms with E-state index in [4.69, 9.17) is 14.2 Å². The summed E-state index contributed by atoms with van der Waals surface area (Å²) in [6.07, 6.45) is -1.60. The third-order valence-electron chi connectivity index (χ3n) is 2.51. The number of phenolic OH excluding ortho intramolecular Hbond substituents is 1. The van der Waals surface area contributed by atoms with Gasteiger partial charge in [-0.15, -0.1) is 0 Å². The predicted molar refractivity (Wildman–Crippen MR) is 60.7 cm³/mol. The maximum absolute atomic E-state index is 11.5. The molecule has 0 aromatic heterocycles. The van der Waals surface area contributed by atoms with Gasteiger partial charge in [-0.1, -0.05) is 0 Å². The number of hydrogen-bond acceptors (Lipinski definition) is 6. The number of benzene rings is 1. The van der Waals surface area contributed by atoms with Crippen molar-refractivity contribution in [3.05, 3.63) is 17.7 Å². The highest BCUT2D eigenvalue weighted by molar-refractivity contribution is 5.79. The second-order valence-electron chi connectivity index (χ2n) is 3.68. The number of aliphatic hydroxyl groups excluding tert-OH is 1. The van der Waals surface area contributed by atoms with Gasteiger partial charge in [0.15, 0.2) is 17.6 Å². The smallest absolute Gasteiger partial charge is 0.339 e. The van der Waals surface area contributed by atoms with Crippen molar-refractivity contribution >= 4 is 5.97 Å². The number of hydrogen-bond donors (Lipinski definition) is 2. The Labute approximate surface area is 104 Å². The molecule has 0 fully saturated rings. The van der Waals surface area contributed by atoms with Crippen LogP contribution in [0.3, 0.4) is 0 Å². The summed E-state index contributed by atoms with van der Waals surface area (Å²) in [6, 6.07) is 2.86. The third kappa shape index (κ3) is 2.19. The first kappa shape index (κ1) is 12.5. The Bertz CT molecular complexity index is 456. The second-order valence-corrected chi connectivity index (χ2v) is 3.68. The van der Waals surface area contributed by atoms with Crippen molar-refractivity contribution in [3.8, 4) is 17.2 Å². The predicted octanol–water partition coefficient (Wildman–Crippen LogP) is 0.760. The van der Waals surface area contributed by atoms with Crippen molar-refractivity contribution in [2.45, 2.75) is 13.0 Å². The lowest BCUT2D eigenvalue weighted by Crippen LogP contribution is -2.21. The fourth-order valence-electron chi connectivity index (χ4n) is 1.73. The molecule has 0 saturated heterocycles. The van der Waals surface area contributed by atoms with Gasteiger partial charge in [0.25, 0.3) is 0 Å².